The molecular weight excluding hydrogens is 385 g/mol. The Hall–Kier alpha value is -2.70. The minimum atomic E-state index is -0.519. The molecule has 0 fully saturated rings. The largest absolute Gasteiger partial charge is 0.493 e. The minimum Gasteiger partial charge on any atom is -0.493 e. The maximum atomic E-state index is 12.8. The van der Waals surface area contributed by atoms with Crippen molar-refractivity contribution in [3.8, 4) is 22.3 Å². The summed E-state index contributed by atoms with van der Waals surface area (Å²) in [5, 5.41) is 18.5. The topological polar surface area (TPSA) is 50.9 Å². The Balaban J connectivity index is 1.83. The molecule has 27 heavy (non-hydrogen) atoms. The molecule has 0 unspecified atom stereocenters. The third kappa shape index (κ3) is 3.59. The highest BCUT2D eigenvalue weighted by Gasteiger charge is 2.21. The average Bonchev–Trinajstić information content (AvgIpc) is 3.31. The van der Waals surface area contributed by atoms with E-state index in [2.05, 4.69) is 10.1 Å². The van der Waals surface area contributed by atoms with Crippen molar-refractivity contribution in [2.75, 3.05) is 0 Å². The van der Waals surface area contributed by atoms with Crippen LogP contribution in [-0.4, -0.2) is 19.9 Å². The van der Waals surface area contributed by atoms with Gasteiger partial charge >= 0.3 is 0 Å². The maximum Gasteiger partial charge on any atom is 0.220 e. The summed E-state index contributed by atoms with van der Waals surface area (Å²) in [6.07, 6.45) is 2.12. The van der Waals surface area contributed by atoms with E-state index >= 15 is 0 Å². The SMILES string of the molecule is Oc1c(Cc2cccc(Cl)c2)c(-c2ccc(CF)cc2)nn1-c1nccs1. The van der Waals surface area contributed by atoms with Gasteiger partial charge in [0.25, 0.3) is 0 Å². The first-order valence-electron chi connectivity index (χ1n) is 8.26. The molecule has 2 aromatic carbocycles. The van der Waals surface area contributed by atoms with E-state index in [1.54, 1.807) is 24.4 Å². The first-order chi connectivity index (χ1) is 13.2. The molecule has 0 saturated carbocycles. The van der Waals surface area contributed by atoms with Crippen LogP contribution in [0.1, 0.15) is 16.7 Å². The lowest BCUT2D eigenvalue weighted by Crippen LogP contribution is -1.95. The van der Waals surface area contributed by atoms with E-state index in [0.29, 0.717) is 33.4 Å². The van der Waals surface area contributed by atoms with Crippen LogP contribution in [-0.2, 0) is 13.1 Å². The molecule has 0 radical (unpaired) electrons. The van der Waals surface area contributed by atoms with Crippen LogP contribution in [0, 0.1) is 0 Å². The number of nitrogens with zero attached hydrogens (tertiary/aromatic N) is 3. The molecule has 136 valence electrons. The number of aromatic hydroxyl groups is 1. The Morgan fingerprint density at radius 3 is 2.59 bits per heavy atom. The summed E-state index contributed by atoms with van der Waals surface area (Å²) in [7, 11) is 0. The van der Waals surface area contributed by atoms with Gasteiger partial charge in [-0.3, -0.25) is 0 Å². The second-order valence-electron chi connectivity index (χ2n) is 6.01. The van der Waals surface area contributed by atoms with E-state index in [4.69, 9.17) is 11.6 Å². The van der Waals surface area contributed by atoms with Crippen LogP contribution in [0.4, 0.5) is 4.39 Å². The van der Waals surface area contributed by atoms with Crippen molar-refractivity contribution in [2.24, 2.45) is 0 Å². The fourth-order valence-electron chi connectivity index (χ4n) is 2.89. The molecule has 1 N–H and O–H groups in total. The van der Waals surface area contributed by atoms with Gasteiger partial charge in [0.05, 0.1) is 0 Å². The van der Waals surface area contributed by atoms with Gasteiger partial charge in [0.15, 0.2) is 0 Å². The third-order valence-corrected chi connectivity index (χ3v) is 5.19. The smallest absolute Gasteiger partial charge is 0.220 e. The highest BCUT2D eigenvalue weighted by atomic mass is 35.5. The molecule has 0 amide bonds. The van der Waals surface area contributed by atoms with Crippen molar-refractivity contribution < 1.29 is 9.50 Å². The second kappa shape index (κ2) is 7.50. The van der Waals surface area contributed by atoms with Crippen molar-refractivity contribution in [2.45, 2.75) is 13.1 Å². The van der Waals surface area contributed by atoms with Crippen LogP contribution in [0.5, 0.6) is 5.88 Å². The molecule has 7 heteroatoms. The summed E-state index contributed by atoms with van der Waals surface area (Å²) in [4.78, 5) is 4.23. The molecule has 0 atom stereocenters. The van der Waals surface area contributed by atoms with Gasteiger partial charge in [0.1, 0.15) is 12.4 Å². The van der Waals surface area contributed by atoms with Crippen LogP contribution in [0.25, 0.3) is 16.4 Å². The quantitative estimate of drug-likeness (QED) is 0.487. The number of thiazole rings is 1. The summed E-state index contributed by atoms with van der Waals surface area (Å²) in [6.45, 7) is -0.519. The van der Waals surface area contributed by atoms with Crippen molar-refractivity contribution in [1.82, 2.24) is 14.8 Å². The monoisotopic (exact) mass is 399 g/mol. The fourth-order valence-corrected chi connectivity index (χ4v) is 3.70. The molecule has 4 rings (SSSR count). The predicted molar refractivity (Wildman–Crippen MR) is 105 cm³/mol. The van der Waals surface area contributed by atoms with E-state index < -0.39 is 6.67 Å². The normalized spacial score (nSPS) is 11.0. The van der Waals surface area contributed by atoms with E-state index in [9.17, 15) is 9.50 Å². The molecule has 0 saturated heterocycles. The molecule has 2 aromatic heterocycles. The Morgan fingerprint density at radius 2 is 1.93 bits per heavy atom. The summed E-state index contributed by atoms with van der Waals surface area (Å²) in [6, 6.07) is 14.5. The molecule has 4 nitrogen and oxygen atoms in total. The molecule has 2 heterocycles. The highest BCUT2D eigenvalue weighted by Crippen LogP contribution is 2.34. The third-order valence-electron chi connectivity index (χ3n) is 4.21. The van der Waals surface area contributed by atoms with Crippen LogP contribution in [0.15, 0.2) is 60.1 Å². The van der Waals surface area contributed by atoms with Crippen LogP contribution in [0.3, 0.4) is 0 Å². The van der Waals surface area contributed by atoms with Crippen LogP contribution in [0.2, 0.25) is 5.02 Å². The number of aromatic nitrogens is 3. The minimum absolute atomic E-state index is 0.0366. The van der Waals surface area contributed by atoms with Crippen LogP contribution < -0.4 is 0 Å². The Kier molecular flexibility index (Phi) is 4.92. The van der Waals surface area contributed by atoms with Crippen molar-refractivity contribution in [3.63, 3.8) is 0 Å². The number of halogens is 2. The van der Waals surface area contributed by atoms with Gasteiger partial charge in [-0.05, 0) is 23.3 Å². The molecular formula is C20H15ClFN3OS. The highest BCUT2D eigenvalue weighted by molar-refractivity contribution is 7.12. The maximum absolute atomic E-state index is 12.8. The first-order valence-corrected chi connectivity index (χ1v) is 9.52. The molecule has 0 aliphatic heterocycles. The van der Waals surface area contributed by atoms with E-state index in [1.165, 1.54) is 16.0 Å². The number of alkyl halides is 1. The number of rotatable bonds is 5. The fraction of sp³-hybridized carbons (Fsp3) is 0.100. The second-order valence-corrected chi connectivity index (χ2v) is 7.32. The van der Waals surface area contributed by atoms with E-state index in [0.717, 1.165) is 11.1 Å². The summed E-state index contributed by atoms with van der Waals surface area (Å²) in [5.41, 5.74) is 3.65. The number of benzene rings is 2. The lowest BCUT2D eigenvalue weighted by Gasteiger charge is -2.05. The van der Waals surface area contributed by atoms with Crippen molar-refractivity contribution in [3.05, 3.63) is 81.8 Å². The molecule has 0 bridgehead atoms. The van der Waals surface area contributed by atoms with Crippen LogP contribution >= 0.6 is 22.9 Å². The van der Waals surface area contributed by atoms with Gasteiger partial charge in [-0.25, -0.2) is 9.37 Å². The lowest BCUT2D eigenvalue weighted by atomic mass is 10.0. The predicted octanol–water partition coefficient (Wildman–Crippen LogP) is 5.42. The zero-order chi connectivity index (χ0) is 18.8. The number of hydrogen-bond donors (Lipinski definition) is 1. The van der Waals surface area contributed by atoms with Gasteiger partial charge in [-0.2, -0.15) is 9.78 Å². The summed E-state index contributed by atoms with van der Waals surface area (Å²) >= 11 is 7.48. The molecule has 4 aromatic rings. The first kappa shape index (κ1) is 17.7. The van der Waals surface area contributed by atoms with Gasteiger partial charge in [-0.1, -0.05) is 48.0 Å². The molecule has 0 aliphatic rings. The van der Waals surface area contributed by atoms with Gasteiger partial charge in [0.2, 0.25) is 11.0 Å². The summed E-state index contributed by atoms with van der Waals surface area (Å²) < 4.78 is 14.3. The standard InChI is InChI=1S/C20H15ClFN3OS/c21-16-3-1-2-14(10-16)11-17-18(15-6-4-13(12-22)5-7-15)24-25(19(17)26)20-23-8-9-27-20/h1-10,26H,11-12H2. The average molecular weight is 400 g/mol. The zero-order valence-corrected chi connectivity index (χ0v) is 15.7. The lowest BCUT2D eigenvalue weighted by molar-refractivity contribution is 0.428. The Labute approximate surface area is 164 Å². The Bertz CT molecular complexity index is 1060. The van der Waals surface area contributed by atoms with E-state index in [-0.39, 0.29) is 5.88 Å². The molecule has 0 spiro atoms. The van der Waals surface area contributed by atoms with Crippen molar-refractivity contribution >= 4 is 22.9 Å². The van der Waals surface area contributed by atoms with Gasteiger partial charge < -0.3 is 5.11 Å². The zero-order valence-electron chi connectivity index (χ0n) is 14.1. The molecule has 0 aliphatic carbocycles. The van der Waals surface area contributed by atoms with Crippen molar-refractivity contribution in [1.29, 1.82) is 0 Å². The van der Waals surface area contributed by atoms with E-state index in [1.807, 2.05) is 35.7 Å². The summed E-state index contributed by atoms with van der Waals surface area (Å²) in [5.74, 6) is 0.0366. The van der Waals surface area contributed by atoms with Gasteiger partial charge in [0, 0.05) is 34.1 Å². The Morgan fingerprint density at radius 1 is 1.11 bits per heavy atom. The number of hydrogen-bond acceptors (Lipinski definition) is 4. The van der Waals surface area contributed by atoms with Gasteiger partial charge in [-0.15, -0.1) is 11.3 Å².